The average Bonchev–Trinajstić information content (AvgIpc) is 2.86. The fourth-order valence-electron chi connectivity index (χ4n) is 3.75. The second-order valence-corrected chi connectivity index (χ2v) is 9.27. The summed E-state index contributed by atoms with van der Waals surface area (Å²) in [6.07, 6.45) is 11.5. The molecule has 0 saturated carbocycles. The predicted molar refractivity (Wildman–Crippen MR) is 142 cm³/mol. The van der Waals surface area contributed by atoms with Crippen LogP contribution in [0.2, 0.25) is 0 Å². The molecule has 0 aliphatic heterocycles. The van der Waals surface area contributed by atoms with Crippen LogP contribution >= 0.6 is 11.8 Å². The van der Waals surface area contributed by atoms with Gasteiger partial charge in [0.05, 0.1) is 13.2 Å². The molecule has 0 unspecified atom stereocenters. The molecule has 35 heavy (non-hydrogen) atoms. The number of fused-ring (bicyclic) bond motifs is 1. The van der Waals surface area contributed by atoms with Crippen molar-refractivity contribution in [2.24, 2.45) is 0 Å². The average molecular weight is 494 g/mol. The SMILES string of the molecule is CCOC1=CCC/C(=C/N(C)C)C1=O.CCOC1=CCCc2cnc(SCc3ccccc3)nc21. The number of carbonyl (C=O) groups is 1. The Kier molecular flexibility index (Phi) is 10.4. The first-order valence-electron chi connectivity index (χ1n) is 12.1. The number of aryl methyl sites for hydroxylation is 1. The van der Waals surface area contributed by atoms with Gasteiger partial charge >= 0.3 is 0 Å². The van der Waals surface area contributed by atoms with Gasteiger partial charge in [-0.25, -0.2) is 9.97 Å². The van der Waals surface area contributed by atoms with Gasteiger partial charge in [0, 0.05) is 43.4 Å². The second kappa shape index (κ2) is 13.7. The number of carbonyl (C=O) groups excluding carboxylic acids is 1. The first-order chi connectivity index (χ1) is 17.0. The van der Waals surface area contributed by atoms with E-state index in [-0.39, 0.29) is 5.78 Å². The number of rotatable bonds is 8. The van der Waals surface area contributed by atoms with Gasteiger partial charge in [-0.05, 0) is 57.2 Å². The minimum Gasteiger partial charge on any atom is -0.492 e. The molecule has 1 aromatic carbocycles. The molecule has 186 valence electrons. The van der Waals surface area contributed by atoms with Crippen molar-refractivity contribution in [3.63, 3.8) is 0 Å². The van der Waals surface area contributed by atoms with Gasteiger partial charge in [-0.15, -0.1) is 0 Å². The summed E-state index contributed by atoms with van der Waals surface area (Å²) in [6, 6.07) is 10.4. The van der Waals surface area contributed by atoms with Crippen molar-refractivity contribution in [3.8, 4) is 0 Å². The Labute approximate surface area is 213 Å². The van der Waals surface area contributed by atoms with Crippen LogP contribution in [0.25, 0.3) is 5.76 Å². The van der Waals surface area contributed by atoms with Crippen molar-refractivity contribution < 1.29 is 14.3 Å². The van der Waals surface area contributed by atoms with Gasteiger partial charge in [0.1, 0.15) is 11.5 Å². The van der Waals surface area contributed by atoms with Crippen LogP contribution in [0.1, 0.15) is 49.9 Å². The molecule has 1 heterocycles. The summed E-state index contributed by atoms with van der Waals surface area (Å²) in [4.78, 5) is 22.8. The summed E-state index contributed by atoms with van der Waals surface area (Å²) < 4.78 is 10.9. The van der Waals surface area contributed by atoms with E-state index in [0.29, 0.717) is 19.0 Å². The van der Waals surface area contributed by atoms with Crippen LogP contribution in [0.5, 0.6) is 0 Å². The number of allylic oxidation sites excluding steroid dienone is 3. The number of thioether (sulfide) groups is 1. The highest BCUT2D eigenvalue weighted by atomic mass is 32.2. The van der Waals surface area contributed by atoms with Crippen LogP contribution in [0, 0.1) is 0 Å². The molecule has 7 heteroatoms. The highest BCUT2D eigenvalue weighted by molar-refractivity contribution is 7.98. The van der Waals surface area contributed by atoms with E-state index in [4.69, 9.17) is 9.47 Å². The molecule has 0 atom stereocenters. The van der Waals surface area contributed by atoms with E-state index < -0.39 is 0 Å². The van der Waals surface area contributed by atoms with Crippen LogP contribution in [0.15, 0.2) is 71.4 Å². The Hall–Kier alpha value is -3.06. The minimum absolute atomic E-state index is 0.0341. The van der Waals surface area contributed by atoms with E-state index in [9.17, 15) is 4.79 Å². The van der Waals surface area contributed by atoms with Crippen molar-refractivity contribution in [1.82, 2.24) is 14.9 Å². The largest absolute Gasteiger partial charge is 0.492 e. The normalized spacial score (nSPS) is 15.9. The molecule has 6 nitrogen and oxygen atoms in total. The van der Waals surface area contributed by atoms with E-state index in [1.807, 2.05) is 57.4 Å². The van der Waals surface area contributed by atoms with Crippen LogP contribution in [0.3, 0.4) is 0 Å². The zero-order valence-electron chi connectivity index (χ0n) is 21.1. The van der Waals surface area contributed by atoms with Gasteiger partial charge in [-0.2, -0.15) is 0 Å². The first kappa shape index (κ1) is 26.5. The fraction of sp³-hybridized carbons (Fsp3) is 0.393. The second-order valence-electron chi connectivity index (χ2n) is 8.33. The molecule has 0 amide bonds. The first-order valence-corrected chi connectivity index (χ1v) is 13.1. The molecule has 4 rings (SSSR count). The predicted octanol–water partition coefficient (Wildman–Crippen LogP) is 5.81. The fourth-order valence-corrected chi connectivity index (χ4v) is 4.53. The van der Waals surface area contributed by atoms with Crippen molar-refractivity contribution in [2.75, 3.05) is 27.3 Å². The van der Waals surface area contributed by atoms with Crippen LogP contribution in [-0.2, 0) is 26.4 Å². The standard InChI is InChI=1S/C17H18N2OS.C11H17NO2/c1-2-20-15-10-6-9-14-11-18-17(19-16(14)15)21-12-13-7-4-3-5-8-13;1-4-14-10-7-5-6-9(11(10)13)8-12(2)3/h3-5,7-8,10-11H,2,6,9,12H2,1H3;7-8H,4-6H2,1-3H3/b;9-8-. The molecule has 2 aromatic rings. The summed E-state index contributed by atoms with van der Waals surface area (Å²) in [5.41, 5.74) is 4.27. The summed E-state index contributed by atoms with van der Waals surface area (Å²) in [6.45, 7) is 5.11. The third-order valence-corrected chi connectivity index (χ3v) is 6.24. The molecular formula is C28H35N3O3S. The van der Waals surface area contributed by atoms with Crippen LogP contribution in [-0.4, -0.2) is 48.0 Å². The topological polar surface area (TPSA) is 64.5 Å². The molecule has 1 aromatic heterocycles. The van der Waals surface area contributed by atoms with Crippen molar-refractivity contribution in [3.05, 3.63) is 83.0 Å². The summed E-state index contributed by atoms with van der Waals surface area (Å²) in [7, 11) is 3.83. The Morgan fingerprint density at radius 2 is 1.69 bits per heavy atom. The number of aromatic nitrogens is 2. The number of ether oxygens (including phenoxy) is 2. The molecule has 0 radical (unpaired) electrons. The van der Waals surface area contributed by atoms with Gasteiger partial charge < -0.3 is 14.4 Å². The van der Waals surface area contributed by atoms with E-state index in [1.165, 1.54) is 11.1 Å². The van der Waals surface area contributed by atoms with E-state index in [0.717, 1.165) is 53.6 Å². The Bertz CT molecular complexity index is 1080. The number of ketones is 1. The highest BCUT2D eigenvalue weighted by Gasteiger charge is 2.20. The number of nitrogens with zero attached hydrogens (tertiary/aromatic N) is 3. The van der Waals surface area contributed by atoms with E-state index in [1.54, 1.807) is 11.8 Å². The lowest BCUT2D eigenvalue weighted by Gasteiger charge is -2.17. The monoisotopic (exact) mass is 493 g/mol. The molecular weight excluding hydrogens is 458 g/mol. The third-order valence-electron chi connectivity index (χ3n) is 5.30. The zero-order valence-corrected chi connectivity index (χ0v) is 21.9. The quantitative estimate of drug-likeness (QED) is 0.261. The Morgan fingerprint density at radius 3 is 2.40 bits per heavy atom. The number of benzene rings is 1. The van der Waals surface area contributed by atoms with Crippen molar-refractivity contribution >= 4 is 23.3 Å². The highest BCUT2D eigenvalue weighted by Crippen LogP contribution is 2.28. The molecule has 2 aliphatic carbocycles. The molecule has 0 bridgehead atoms. The summed E-state index contributed by atoms with van der Waals surface area (Å²) >= 11 is 1.66. The lowest BCUT2D eigenvalue weighted by Crippen LogP contribution is -2.16. The molecule has 2 aliphatic rings. The number of Topliss-reactive ketones (excluding diaryl/α,β-unsaturated/α-hetero) is 1. The van der Waals surface area contributed by atoms with Crippen LogP contribution in [0.4, 0.5) is 0 Å². The lowest BCUT2D eigenvalue weighted by molar-refractivity contribution is -0.115. The number of hydrogen-bond donors (Lipinski definition) is 0. The number of hydrogen-bond acceptors (Lipinski definition) is 7. The molecule has 0 fully saturated rings. The van der Waals surface area contributed by atoms with Crippen molar-refractivity contribution in [2.45, 2.75) is 50.4 Å². The smallest absolute Gasteiger partial charge is 0.224 e. The van der Waals surface area contributed by atoms with E-state index in [2.05, 4.69) is 40.3 Å². The Balaban J connectivity index is 0.000000214. The third kappa shape index (κ3) is 7.99. The maximum absolute atomic E-state index is 11.8. The maximum atomic E-state index is 11.8. The molecule has 0 spiro atoms. The van der Waals surface area contributed by atoms with Gasteiger partial charge in [-0.3, -0.25) is 4.79 Å². The summed E-state index contributed by atoms with van der Waals surface area (Å²) in [5, 5.41) is 0.810. The van der Waals surface area contributed by atoms with E-state index >= 15 is 0 Å². The maximum Gasteiger partial charge on any atom is 0.224 e. The zero-order chi connectivity index (χ0) is 25.0. The lowest BCUT2D eigenvalue weighted by atomic mass is 9.99. The minimum atomic E-state index is 0.0341. The van der Waals surface area contributed by atoms with Gasteiger partial charge in [-0.1, -0.05) is 42.1 Å². The van der Waals surface area contributed by atoms with Gasteiger partial charge in [0.2, 0.25) is 5.78 Å². The van der Waals surface area contributed by atoms with Gasteiger partial charge in [0.15, 0.2) is 10.9 Å². The molecule has 0 saturated heterocycles. The summed E-state index contributed by atoms with van der Waals surface area (Å²) in [5.74, 6) is 2.33. The van der Waals surface area contributed by atoms with Crippen LogP contribution < -0.4 is 0 Å². The van der Waals surface area contributed by atoms with Crippen molar-refractivity contribution in [1.29, 1.82) is 0 Å². The Morgan fingerprint density at radius 1 is 1.00 bits per heavy atom. The van der Waals surface area contributed by atoms with Gasteiger partial charge in [0.25, 0.3) is 0 Å². The molecule has 0 N–H and O–H groups in total.